The molecule has 1 rings (SSSR count). The SMILES string of the molecule is CCC(C)(CC)NCc1ccc[nH]1. The number of rotatable bonds is 5. The number of hydrogen-bond donors (Lipinski definition) is 2. The molecule has 0 spiro atoms. The number of aromatic amines is 1. The number of nitrogens with one attached hydrogen (secondary N) is 2. The highest BCUT2D eigenvalue weighted by atomic mass is 15.0. The molecule has 0 radical (unpaired) electrons. The molecule has 1 heterocycles. The van der Waals surface area contributed by atoms with E-state index in [9.17, 15) is 0 Å². The van der Waals surface area contributed by atoms with Gasteiger partial charge in [0.05, 0.1) is 0 Å². The third kappa shape index (κ3) is 2.88. The first-order valence-electron chi connectivity index (χ1n) is 5.07. The van der Waals surface area contributed by atoms with Gasteiger partial charge < -0.3 is 10.3 Å². The second kappa shape index (κ2) is 4.47. The molecule has 0 fully saturated rings. The summed E-state index contributed by atoms with van der Waals surface area (Å²) >= 11 is 0. The van der Waals surface area contributed by atoms with Crippen LogP contribution in [0.4, 0.5) is 0 Å². The molecule has 0 bridgehead atoms. The van der Waals surface area contributed by atoms with E-state index < -0.39 is 0 Å². The highest BCUT2D eigenvalue weighted by molar-refractivity contribution is 5.03. The summed E-state index contributed by atoms with van der Waals surface area (Å²) in [5.74, 6) is 0. The Hall–Kier alpha value is -0.760. The standard InChI is InChI=1S/C11H20N2/c1-4-11(3,5-2)13-9-10-7-6-8-12-10/h6-8,12-13H,4-5,9H2,1-3H3. The summed E-state index contributed by atoms with van der Waals surface area (Å²) in [4.78, 5) is 3.20. The molecule has 2 heteroatoms. The fourth-order valence-corrected chi connectivity index (χ4v) is 1.29. The van der Waals surface area contributed by atoms with E-state index in [4.69, 9.17) is 0 Å². The van der Waals surface area contributed by atoms with Crippen LogP contribution in [-0.4, -0.2) is 10.5 Å². The van der Waals surface area contributed by atoms with Gasteiger partial charge in [0.2, 0.25) is 0 Å². The first-order chi connectivity index (χ1) is 6.20. The first-order valence-corrected chi connectivity index (χ1v) is 5.07. The Morgan fingerprint density at radius 1 is 1.38 bits per heavy atom. The minimum absolute atomic E-state index is 0.283. The first kappa shape index (κ1) is 10.3. The molecule has 0 unspecified atom stereocenters. The van der Waals surface area contributed by atoms with Crippen LogP contribution in [0, 0.1) is 0 Å². The summed E-state index contributed by atoms with van der Waals surface area (Å²) in [5.41, 5.74) is 1.54. The van der Waals surface area contributed by atoms with Crippen molar-refractivity contribution in [3.63, 3.8) is 0 Å². The zero-order valence-corrected chi connectivity index (χ0v) is 8.85. The van der Waals surface area contributed by atoms with E-state index in [0.717, 1.165) is 6.54 Å². The average molecular weight is 180 g/mol. The van der Waals surface area contributed by atoms with Crippen LogP contribution in [0.25, 0.3) is 0 Å². The maximum Gasteiger partial charge on any atom is 0.0361 e. The van der Waals surface area contributed by atoms with E-state index in [1.807, 2.05) is 12.3 Å². The lowest BCUT2D eigenvalue weighted by Gasteiger charge is -2.28. The van der Waals surface area contributed by atoms with Crippen molar-refractivity contribution in [1.29, 1.82) is 0 Å². The summed E-state index contributed by atoms with van der Waals surface area (Å²) in [7, 11) is 0. The second-order valence-corrected chi connectivity index (χ2v) is 3.82. The molecule has 0 aliphatic rings. The second-order valence-electron chi connectivity index (χ2n) is 3.82. The normalized spacial score (nSPS) is 11.9. The summed E-state index contributed by atoms with van der Waals surface area (Å²) in [5, 5.41) is 3.57. The van der Waals surface area contributed by atoms with E-state index in [2.05, 4.69) is 37.1 Å². The van der Waals surface area contributed by atoms with Crippen LogP contribution >= 0.6 is 0 Å². The van der Waals surface area contributed by atoms with Gasteiger partial charge in [-0.25, -0.2) is 0 Å². The molecule has 0 aliphatic heterocycles. The minimum Gasteiger partial charge on any atom is -0.364 e. The molecule has 0 aliphatic carbocycles. The Labute approximate surface area is 80.7 Å². The molecular formula is C11H20N2. The Morgan fingerprint density at radius 2 is 2.08 bits per heavy atom. The highest BCUT2D eigenvalue weighted by Crippen LogP contribution is 2.14. The van der Waals surface area contributed by atoms with Gasteiger partial charge in [0, 0.05) is 24.0 Å². The van der Waals surface area contributed by atoms with Gasteiger partial charge in [0.25, 0.3) is 0 Å². The van der Waals surface area contributed by atoms with Crippen LogP contribution in [0.3, 0.4) is 0 Å². The van der Waals surface area contributed by atoms with Gasteiger partial charge in [-0.1, -0.05) is 13.8 Å². The van der Waals surface area contributed by atoms with Crippen LogP contribution in [0.1, 0.15) is 39.3 Å². The maximum absolute atomic E-state index is 3.57. The Kier molecular flexibility index (Phi) is 3.55. The third-order valence-electron chi connectivity index (χ3n) is 2.93. The zero-order chi connectivity index (χ0) is 9.73. The Morgan fingerprint density at radius 3 is 2.54 bits per heavy atom. The largest absolute Gasteiger partial charge is 0.364 e. The fourth-order valence-electron chi connectivity index (χ4n) is 1.29. The van der Waals surface area contributed by atoms with Gasteiger partial charge in [0.1, 0.15) is 0 Å². The number of aromatic nitrogens is 1. The molecule has 0 atom stereocenters. The van der Waals surface area contributed by atoms with Crippen molar-refractivity contribution in [3.8, 4) is 0 Å². The summed E-state index contributed by atoms with van der Waals surface area (Å²) < 4.78 is 0. The molecule has 2 N–H and O–H groups in total. The molecule has 74 valence electrons. The lowest BCUT2D eigenvalue weighted by molar-refractivity contribution is 0.328. The lowest BCUT2D eigenvalue weighted by atomic mass is 9.95. The van der Waals surface area contributed by atoms with Crippen molar-refractivity contribution < 1.29 is 0 Å². The molecule has 0 saturated heterocycles. The van der Waals surface area contributed by atoms with Crippen molar-refractivity contribution >= 4 is 0 Å². The Balaban J connectivity index is 2.41. The summed E-state index contributed by atoms with van der Waals surface area (Å²) in [6, 6.07) is 4.14. The Bertz CT molecular complexity index is 222. The molecule has 13 heavy (non-hydrogen) atoms. The van der Waals surface area contributed by atoms with Gasteiger partial charge in [-0.05, 0) is 31.9 Å². The van der Waals surface area contributed by atoms with E-state index >= 15 is 0 Å². The summed E-state index contributed by atoms with van der Waals surface area (Å²) in [6.07, 6.45) is 4.31. The fraction of sp³-hybridized carbons (Fsp3) is 0.636. The van der Waals surface area contributed by atoms with Crippen LogP contribution < -0.4 is 5.32 Å². The molecule has 0 saturated carbocycles. The molecule has 1 aromatic heterocycles. The highest BCUT2D eigenvalue weighted by Gasteiger charge is 2.17. The average Bonchev–Trinajstić information content (AvgIpc) is 2.67. The van der Waals surface area contributed by atoms with Crippen molar-refractivity contribution in [2.45, 2.75) is 45.7 Å². The van der Waals surface area contributed by atoms with E-state index in [-0.39, 0.29) is 5.54 Å². The summed E-state index contributed by atoms with van der Waals surface area (Å²) in [6.45, 7) is 7.66. The monoisotopic (exact) mass is 180 g/mol. The van der Waals surface area contributed by atoms with Gasteiger partial charge in [-0.3, -0.25) is 0 Å². The van der Waals surface area contributed by atoms with Gasteiger partial charge in [0.15, 0.2) is 0 Å². The third-order valence-corrected chi connectivity index (χ3v) is 2.93. The predicted octanol–water partition coefficient (Wildman–Crippen LogP) is 2.68. The molecule has 0 aromatic carbocycles. The van der Waals surface area contributed by atoms with Crippen molar-refractivity contribution in [1.82, 2.24) is 10.3 Å². The van der Waals surface area contributed by atoms with Crippen LogP contribution in [-0.2, 0) is 6.54 Å². The number of hydrogen-bond acceptors (Lipinski definition) is 1. The van der Waals surface area contributed by atoms with E-state index in [0.29, 0.717) is 0 Å². The lowest BCUT2D eigenvalue weighted by Crippen LogP contribution is -2.40. The quantitative estimate of drug-likeness (QED) is 0.716. The maximum atomic E-state index is 3.57. The molecule has 1 aromatic rings. The van der Waals surface area contributed by atoms with Crippen LogP contribution in [0.15, 0.2) is 18.3 Å². The van der Waals surface area contributed by atoms with Crippen molar-refractivity contribution in [2.75, 3.05) is 0 Å². The van der Waals surface area contributed by atoms with Gasteiger partial charge in [-0.2, -0.15) is 0 Å². The van der Waals surface area contributed by atoms with Crippen molar-refractivity contribution in [3.05, 3.63) is 24.0 Å². The molecular weight excluding hydrogens is 160 g/mol. The smallest absolute Gasteiger partial charge is 0.0361 e. The predicted molar refractivity (Wildman–Crippen MR) is 56.6 cm³/mol. The molecule has 2 nitrogen and oxygen atoms in total. The van der Waals surface area contributed by atoms with Gasteiger partial charge in [-0.15, -0.1) is 0 Å². The van der Waals surface area contributed by atoms with Crippen LogP contribution in [0.2, 0.25) is 0 Å². The number of H-pyrrole nitrogens is 1. The molecule has 0 amide bonds. The van der Waals surface area contributed by atoms with E-state index in [1.165, 1.54) is 18.5 Å². The van der Waals surface area contributed by atoms with Gasteiger partial charge >= 0.3 is 0 Å². The zero-order valence-electron chi connectivity index (χ0n) is 8.85. The van der Waals surface area contributed by atoms with Crippen LogP contribution in [0.5, 0.6) is 0 Å². The minimum atomic E-state index is 0.283. The van der Waals surface area contributed by atoms with E-state index in [1.54, 1.807) is 0 Å². The topological polar surface area (TPSA) is 27.8 Å². The van der Waals surface area contributed by atoms with Crippen molar-refractivity contribution in [2.24, 2.45) is 0 Å².